The van der Waals surface area contributed by atoms with E-state index in [1.165, 1.54) is 0 Å². The molecule has 0 bridgehead atoms. The quantitative estimate of drug-likeness (QED) is 0.813. The highest BCUT2D eigenvalue weighted by Crippen LogP contribution is 2.31. The SMILES string of the molecule is C=C(COC)C1=CCC(c2cccc(O)c2)OB1O. The molecule has 2 rings (SSSR count). The van der Waals surface area contributed by atoms with Gasteiger partial charge in [-0.1, -0.05) is 24.8 Å². The predicted molar refractivity (Wildman–Crippen MR) is 73.6 cm³/mol. The fourth-order valence-electron chi connectivity index (χ4n) is 2.14. The molecule has 0 aromatic heterocycles. The zero-order valence-corrected chi connectivity index (χ0v) is 10.9. The molecule has 0 saturated heterocycles. The lowest BCUT2D eigenvalue weighted by molar-refractivity contribution is 0.166. The van der Waals surface area contributed by atoms with Gasteiger partial charge in [-0.2, -0.15) is 0 Å². The van der Waals surface area contributed by atoms with Crippen molar-refractivity contribution in [3.63, 3.8) is 0 Å². The topological polar surface area (TPSA) is 58.9 Å². The highest BCUT2D eigenvalue weighted by molar-refractivity contribution is 6.54. The Balaban J connectivity index is 2.12. The van der Waals surface area contributed by atoms with Crippen molar-refractivity contribution < 1.29 is 19.5 Å². The lowest BCUT2D eigenvalue weighted by atomic mass is 9.71. The number of benzene rings is 1. The van der Waals surface area contributed by atoms with Crippen molar-refractivity contribution in [2.45, 2.75) is 12.5 Å². The van der Waals surface area contributed by atoms with Crippen LogP contribution in [0.5, 0.6) is 5.75 Å². The summed E-state index contributed by atoms with van der Waals surface area (Å²) in [5, 5.41) is 19.5. The Morgan fingerprint density at radius 2 is 2.37 bits per heavy atom. The minimum Gasteiger partial charge on any atom is -0.508 e. The second-order valence-corrected chi connectivity index (χ2v) is 4.50. The maximum atomic E-state index is 10.00. The molecule has 1 atom stereocenters. The first-order valence-electron chi connectivity index (χ1n) is 6.11. The van der Waals surface area contributed by atoms with Gasteiger partial charge in [0.05, 0.1) is 12.7 Å². The van der Waals surface area contributed by atoms with Crippen molar-refractivity contribution in [3.8, 4) is 5.75 Å². The summed E-state index contributed by atoms with van der Waals surface area (Å²) < 4.78 is 10.6. The van der Waals surface area contributed by atoms with Gasteiger partial charge in [-0.3, -0.25) is 0 Å². The number of phenols is 1. The fraction of sp³-hybridized carbons (Fsp3) is 0.286. The third-order valence-electron chi connectivity index (χ3n) is 3.08. The molecule has 2 N–H and O–H groups in total. The summed E-state index contributed by atoms with van der Waals surface area (Å²) in [4.78, 5) is 0. The average Bonchev–Trinajstić information content (AvgIpc) is 2.38. The molecule has 1 aromatic carbocycles. The van der Waals surface area contributed by atoms with Crippen molar-refractivity contribution in [3.05, 3.63) is 53.5 Å². The Morgan fingerprint density at radius 3 is 3.00 bits per heavy atom. The van der Waals surface area contributed by atoms with Crippen molar-refractivity contribution in [1.82, 2.24) is 0 Å². The van der Waals surface area contributed by atoms with Crippen molar-refractivity contribution in [2.24, 2.45) is 0 Å². The van der Waals surface area contributed by atoms with Gasteiger partial charge in [0.15, 0.2) is 0 Å². The van der Waals surface area contributed by atoms with Gasteiger partial charge in [-0.15, -0.1) is 0 Å². The van der Waals surface area contributed by atoms with Crippen LogP contribution in [0.1, 0.15) is 18.1 Å². The zero-order chi connectivity index (χ0) is 13.8. The van der Waals surface area contributed by atoms with E-state index in [2.05, 4.69) is 6.58 Å². The summed E-state index contributed by atoms with van der Waals surface area (Å²) in [6, 6.07) is 6.86. The fourth-order valence-corrected chi connectivity index (χ4v) is 2.14. The summed E-state index contributed by atoms with van der Waals surface area (Å²) in [6.07, 6.45) is 2.27. The first-order valence-corrected chi connectivity index (χ1v) is 6.11. The minimum atomic E-state index is -1.01. The van der Waals surface area contributed by atoms with E-state index in [1.807, 2.05) is 12.1 Å². The molecular weight excluding hydrogens is 243 g/mol. The number of methoxy groups -OCH3 is 1. The van der Waals surface area contributed by atoms with Gasteiger partial charge >= 0.3 is 7.12 Å². The molecule has 0 amide bonds. The van der Waals surface area contributed by atoms with Gasteiger partial charge in [0.2, 0.25) is 0 Å². The largest absolute Gasteiger partial charge is 0.508 e. The van der Waals surface area contributed by atoms with Crippen LogP contribution in [-0.4, -0.2) is 31.0 Å². The summed E-state index contributed by atoms with van der Waals surface area (Å²) in [5.74, 6) is 0.189. The normalized spacial score (nSPS) is 19.2. The monoisotopic (exact) mass is 260 g/mol. The Labute approximate surface area is 113 Å². The maximum absolute atomic E-state index is 10.00. The van der Waals surface area contributed by atoms with Crippen LogP contribution in [-0.2, 0) is 9.39 Å². The van der Waals surface area contributed by atoms with Crippen LogP contribution < -0.4 is 0 Å². The molecule has 1 aliphatic heterocycles. The van der Waals surface area contributed by atoms with Crippen LogP contribution in [0, 0.1) is 0 Å². The van der Waals surface area contributed by atoms with Gasteiger partial charge in [0, 0.05) is 7.11 Å². The summed E-state index contributed by atoms with van der Waals surface area (Å²) in [5.41, 5.74) is 2.22. The van der Waals surface area contributed by atoms with E-state index >= 15 is 0 Å². The van der Waals surface area contributed by atoms with Crippen LogP contribution in [0.15, 0.2) is 48.0 Å². The molecule has 0 saturated carbocycles. The van der Waals surface area contributed by atoms with Gasteiger partial charge in [-0.05, 0) is 35.2 Å². The molecule has 1 heterocycles. The van der Waals surface area contributed by atoms with Crippen LogP contribution >= 0.6 is 0 Å². The van der Waals surface area contributed by atoms with Gasteiger partial charge in [-0.25, -0.2) is 0 Å². The third-order valence-corrected chi connectivity index (χ3v) is 3.08. The minimum absolute atomic E-state index is 0.189. The molecule has 100 valence electrons. The maximum Gasteiger partial charge on any atom is 0.491 e. The predicted octanol–water partition coefficient (Wildman–Crippen LogP) is 2.00. The second-order valence-electron chi connectivity index (χ2n) is 4.50. The second kappa shape index (κ2) is 6.06. The molecule has 1 aromatic rings. The van der Waals surface area contributed by atoms with E-state index in [4.69, 9.17) is 9.39 Å². The van der Waals surface area contributed by atoms with Gasteiger partial charge in [0.1, 0.15) is 5.75 Å². The Morgan fingerprint density at radius 1 is 1.58 bits per heavy atom. The van der Waals surface area contributed by atoms with Crippen LogP contribution in [0.2, 0.25) is 0 Å². The smallest absolute Gasteiger partial charge is 0.491 e. The molecule has 1 unspecified atom stereocenters. The first-order chi connectivity index (χ1) is 9.11. The van der Waals surface area contributed by atoms with Crippen LogP contribution in [0.3, 0.4) is 0 Å². The highest BCUT2D eigenvalue weighted by Gasteiger charge is 2.30. The Kier molecular flexibility index (Phi) is 4.42. The number of ether oxygens (including phenoxy) is 1. The summed E-state index contributed by atoms with van der Waals surface area (Å²) in [7, 11) is 0.570. The van der Waals surface area contributed by atoms with E-state index in [0.717, 1.165) is 5.56 Å². The molecule has 0 aliphatic carbocycles. The molecular formula is C14H17BO4. The molecule has 5 heteroatoms. The number of hydrogen-bond donors (Lipinski definition) is 2. The van der Waals surface area contributed by atoms with Crippen molar-refractivity contribution in [1.29, 1.82) is 0 Å². The van der Waals surface area contributed by atoms with E-state index in [-0.39, 0.29) is 11.9 Å². The highest BCUT2D eigenvalue weighted by atomic mass is 16.5. The lowest BCUT2D eigenvalue weighted by Gasteiger charge is -2.26. The number of rotatable bonds is 4. The molecule has 4 nitrogen and oxygen atoms in total. The molecule has 0 spiro atoms. The van der Waals surface area contributed by atoms with E-state index in [0.29, 0.717) is 24.1 Å². The third kappa shape index (κ3) is 3.26. The number of phenolic OH excluding ortho intramolecular Hbond substituents is 1. The lowest BCUT2D eigenvalue weighted by Crippen LogP contribution is -2.29. The van der Waals surface area contributed by atoms with E-state index < -0.39 is 7.12 Å². The number of hydrogen-bond acceptors (Lipinski definition) is 4. The Bertz CT molecular complexity index is 498. The van der Waals surface area contributed by atoms with E-state index in [1.54, 1.807) is 25.3 Å². The van der Waals surface area contributed by atoms with Gasteiger partial charge in [0.25, 0.3) is 0 Å². The molecule has 19 heavy (non-hydrogen) atoms. The van der Waals surface area contributed by atoms with Crippen molar-refractivity contribution >= 4 is 7.12 Å². The molecule has 0 radical (unpaired) electrons. The van der Waals surface area contributed by atoms with Gasteiger partial charge < -0.3 is 19.5 Å². The molecule has 0 fully saturated rings. The number of aromatic hydroxyl groups is 1. The Hall–Kier alpha value is -1.56. The zero-order valence-electron chi connectivity index (χ0n) is 10.9. The summed E-state index contributed by atoms with van der Waals surface area (Å²) >= 11 is 0. The standard InChI is InChI=1S/C14H17BO4/c1-10(9-18-2)13-6-7-14(19-15(13)17)11-4-3-5-12(16)8-11/h3-6,8,14,16-17H,1,7,9H2,2H3. The first kappa shape index (κ1) is 13.9. The average molecular weight is 260 g/mol. The van der Waals surface area contributed by atoms with E-state index in [9.17, 15) is 10.1 Å². The molecule has 1 aliphatic rings. The van der Waals surface area contributed by atoms with Crippen LogP contribution in [0.25, 0.3) is 0 Å². The summed E-state index contributed by atoms with van der Waals surface area (Å²) in [6.45, 7) is 4.22. The van der Waals surface area contributed by atoms with Crippen molar-refractivity contribution in [2.75, 3.05) is 13.7 Å². The van der Waals surface area contributed by atoms with Crippen LogP contribution in [0.4, 0.5) is 0 Å².